The number of H-pyrrole nitrogens is 2. The molecule has 0 aliphatic carbocycles. The van der Waals surface area contributed by atoms with Crippen molar-refractivity contribution in [3.05, 3.63) is 91.8 Å². The van der Waals surface area contributed by atoms with Gasteiger partial charge in [-0.25, -0.2) is 19.6 Å². The molecule has 0 spiro atoms. The van der Waals surface area contributed by atoms with E-state index in [1.165, 1.54) is 108 Å². The van der Waals surface area contributed by atoms with Gasteiger partial charge < -0.3 is 15.2 Å². The molecular weight excluding hydrogens is 839 g/mol. The van der Waals surface area contributed by atoms with E-state index in [-0.39, 0.29) is 36.1 Å². The summed E-state index contributed by atoms with van der Waals surface area (Å²) in [5.74, 6) is 0.807. The van der Waals surface area contributed by atoms with E-state index in [0.717, 1.165) is 84.4 Å². The molecule has 4 amide bonds. The number of hydrogen-bond donors (Lipinski definition) is 6. The second-order valence-electron chi connectivity index (χ2n) is 18.7. The predicted octanol–water partition coefficient (Wildman–Crippen LogP) is 13.0. The molecule has 67 heavy (non-hydrogen) atoms. The van der Waals surface area contributed by atoms with Crippen LogP contribution in [0, 0.1) is 5.92 Å². The number of carbonyl (C=O) groups excluding carboxylic acids is 2. The summed E-state index contributed by atoms with van der Waals surface area (Å²) in [5, 5.41) is 13.5. The lowest BCUT2D eigenvalue weighted by Crippen LogP contribution is -2.30. The molecule has 6 N–H and O–H groups in total. The molecule has 13 nitrogen and oxygen atoms in total. The highest BCUT2D eigenvalue weighted by Crippen LogP contribution is 2.33. The zero-order chi connectivity index (χ0) is 47.6. The summed E-state index contributed by atoms with van der Waals surface area (Å²) in [7, 11) is 0. The van der Waals surface area contributed by atoms with Gasteiger partial charge in [0, 0.05) is 65.0 Å². The fourth-order valence-corrected chi connectivity index (χ4v) is 9.08. The van der Waals surface area contributed by atoms with Crippen molar-refractivity contribution in [2.45, 2.75) is 201 Å². The number of anilines is 2. The summed E-state index contributed by atoms with van der Waals surface area (Å²) >= 11 is 0. The Kier molecular flexibility index (Phi) is 23.0. The lowest BCUT2D eigenvalue weighted by molar-refractivity contribution is 0.250. The zero-order valence-corrected chi connectivity index (χ0v) is 41.3. The van der Waals surface area contributed by atoms with Crippen molar-refractivity contribution >= 4 is 45.8 Å². The van der Waals surface area contributed by atoms with Gasteiger partial charge in [0.05, 0.1) is 0 Å². The number of fused-ring (bicyclic) bond motifs is 3. The minimum atomic E-state index is -0.455. The first kappa shape index (κ1) is 52.5. The second kappa shape index (κ2) is 29.3. The summed E-state index contributed by atoms with van der Waals surface area (Å²) in [6.07, 6.45) is 27.9. The van der Waals surface area contributed by atoms with Gasteiger partial charge in [-0.15, -0.1) is 0 Å². The number of unbranched alkanes of at least 4 members (excludes halogenated alkanes) is 17. The fraction of sp³-hybridized carbons (Fsp3) is 0.593. The zero-order valence-electron chi connectivity index (χ0n) is 41.3. The van der Waals surface area contributed by atoms with E-state index < -0.39 is 12.1 Å². The van der Waals surface area contributed by atoms with Crippen molar-refractivity contribution in [2.24, 2.45) is 5.92 Å². The molecule has 2 aromatic carbocycles. The molecule has 0 radical (unpaired) electrons. The molecule has 366 valence electrons. The first-order valence-electron chi connectivity index (χ1n) is 26.0. The predicted molar refractivity (Wildman–Crippen MR) is 276 cm³/mol. The number of aryl methyl sites for hydroxylation is 2. The van der Waals surface area contributed by atoms with Gasteiger partial charge in [0.1, 0.15) is 0 Å². The highest BCUT2D eigenvalue weighted by molar-refractivity contribution is 6.08. The number of hydrogen-bond acceptors (Lipinski definition) is 6. The van der Waals surface area contributed by atoms with Crippen molar-refractivity contribution in [1.29, 1.82) is 0 Å². The van der Waals surface area contributed by atoms with Gasteiger partial charge in [0.2, 0.25) is 11.9 Å². The van der Waals surface area contributed by atoms with Crippen LogP contribution in [-0.2, 0) is 32.5 Å². The summed E-state index contributed by atoms with van der Waals surface area (Å²) in [4.78, 5) is 65.6. The summed E-state index contributed by atoms with van der Waals surface area (Å²) in [6, 6.07) is 14.7. The fourth-order valence-electron chi connectivity index (χ4n) is 9.08. The maximum atomic E-state index is 13.1. The Morgan fingerprint density at radius 3 is 1.34 bits per heavy atom. The molecule has 1 unspecified atom stereocenters. The van der Waals surface area contributed by atoms with Gasteiger partial charge in [-0.2, -0.15) is 0 Å². The summed E-state index contributed by atoms with van der Waals surface area (Å²) < 4.78 is 2.41. The van der Waals surface area contributed by atoms with Crippen molar-refractivity contribution in [1.82, 2.24) is 35.1 Å². The molecule has 0 saturated heterocycles. The number of aromatic amines is 2. The Bertz CT molecular complexity index is 2230. The van der Waals surface area contributed by atoms with Gasteiger partial charge in [-0.3, -0.25) is 30.2 Å². The smallest absolute Gasteiger partial charge is 0.321 e. The molecule has 3 heterocycles. The van der Waals surface area contributed by atoms with Crippen LogP contribution in [0.3, 0.4) is 0 Å². The molecule has 0 aliphatic rings. The van der Waals surface area contributed by atoms with Gasteiger partial charge >= 0.3 is 12.1 Å². The minimum absolute atomic E-state index is 0.139. The van der Waals surface area contributed by atoms with Crippen molar-refractivity contribution in [2.75, 3.05) is 10.6 Å². The van der Waals surface area contributed by atoms with E-state index in [1.54, 1.807) is 0 Å². The van der Waals surface area contributed by atoms with Crippen LogP contribution in [0.2, 0.25) is 0 Å². The normalized spacial score (nSPS) is 11.9. The lowest BCUT2D eigenvalue weighted by atomic mass is 9.99. The van der Waals surface area contributed by atoms with E-state index in [1.807, 2.05) is 12.1 Å². The largest absolute Gasteiger partial charge is 0.340 e. The third-order valence-electron chi connectivity index (χ3n) is 13.0. The van der Waals surface area contributed by atoms with Crippen LogP contribution in [-0.4, -0.2) is 36.6 Å². The molecule has 0 aliphatic heterocycles. The Hall–Kier alpha value is -5.46. The third kappa shape index (κ3) is 18.3. The average molecular weight is 920 g/mol. The van der Waals surface area contributed by atoms with Gasteiger partial charge in [0.15, 0.2) is 0 Å². The first-order valence-corrected chi connectivity index (χ1v) is 26.0. The van der Waals surface area contributed by atoms with Crippen LogP contribution < -0.4 is 32.4 Å². The highest BCUT2D eigenvalue weighted by Gasteiger charge is 2.17. The van der Waals surface area contributed by atoms with E-state index >= 15 is 0 Å². The quantitative estimate of drug-likeness (QED) is 0.0234. The van der Waals surface area contributed by atoms with Gasteiger partial charge in [0.25, 0.3) is 11.1 Å². The number of carbonyl (C=O) groups is 2. The third-order valence-corrected chi connectivity index (χ3v) is 13.0. The van der Waals surface area contributed by atoms with E-state index in [2.05, 4.69) is 97.7 Å². The lowest BCUT2D eigenvalue weighted by Gasteiger charge is -2.17. The van der Waals surface area contributed by atoms with Gasteiger partial charge in [-0.1, -0.05) is 162 Å². The summed E-state index contributed by atoms with van der Waals surface area (Å²) in [6.45, 7) is 10.4. The van der Waals surface area contributed by atoms with Crippen LogP contribution >= 0.6 is 0 Å². The number of rotatable bonds is 32. The standard InChI is InChI=1S/C54H81N9O4/c1-5-9-12-14-16-18-20-22-24-27-43-35-49(64)59-51(57-43)61-53(66)55-37-41-29-31-47-45(33-41)46-34-42(30-32-48(46)63(47)39-40(8-4)26-11-7-3)38-56-54(67)62-52-58-44(36-50(65)60-52)28-25-23-21-19-17-15-13-10-6-2/h29-36,40H,5-28,37-39H2,1-4H3,(H3,55,57,59,61,64,66)(H3,56,58,60,62,65,67). The molecule has 3 aromatic heterocycles. The Morgan fingerprint density at radius 2 is 0.940 bits per heavy atom. The molecule has 1 atom stereocenters. The number of aromatic nitrogens is 5. The average Bonchev–Trinajstić information content (AvgIpc) is 3.61. The molecule has 0 bridgehead atoms. The Balaban J connectivity index is 1.20. The molecule has 5 aromatic rings. The molecule has 0 saturated carbocycles. The first-order chi connectivity index (χ1) is 32.7. The van der Waals surface area contributed by atoms with Crippen molar-refractivity contribution in [3.8, 4) is 0 Å². The topological polar surface area (TPSA) is 179 Å². The van der Waals surface area contributed by atoms with Crippen molar-refractivity contribution < 1.29 is 9.59 Å². The minimum Gasteiger partial charge on any atom is -0.340 e. The Labute approximate surface area is 398 Å². The van der Waals surface area contributed by atoms with Crippen LogP contribution in [0.25, 0.3) is 21.8 Å². The Morgan fingerprint density at radius 1 is 0.537 bits per heavy atom. The molecule has 0 fully saturated rings. The van der Waals surface area contributed by atoms with Crippen molar-refractivity contribution in [3.63, 3.8) is 0 Å². The van der Waals surface area contributed by atoms with E-state index in [0.29, 0.717) is 30.1 Å². The number of amides is 4. The molecule has 5 rings (SSSR count). The van der Waals surface area contributed by atoms with Crippen LogP contribution in [0.5, 0.6) is 0 Å². The van der Waals surface area contributed by atoms with E-state index in [9.17, 15) is 19.2 Å². The number of urea groups is 2. The van der Waals surface area contributed by atoms with Crippen LogP contribution in [0.15, 0.2) is 58.1 Å². The second-order valence-corrected chi connectivity index (χ2v) is 18.7. The number of nitrogens with zero attached hydrogens (tertiary/aromatic N) is 3. The SMILES string of the molecule is CCCCCCCCCCCc1cc(=O)[nH]c(NC(=O)NCc2ccc3c(c2)c2cc(CNC(=O)Nc4nc(CCCCCCCCCCC)cc(=O)[nH]4)ccc2n3CC(CC)CCCC)n1. The van der Waals surface area contributed by atoms with E-state index in [4.69, 9.17) is 0 Å². The summed E-state index contributed by atoms with van der Waals surface area (Å²) in [5.41, 5.74) is 4.86. The van der Waals surface area contributed by atoms with Gasteiger partial charge in [-0.05, 0) is 73.4 Å². The number of nitrogens with one attached hydrogen (secondary N) is 6. The molecular formula is C54H81N9O4. The monoisotopic (exact) mass is 920 g/mol. The molecule has 13 heteroatoms. The highest BCUT2D eigenvalue weighted by atomic mass is 16.2. The van der Waals surface area contributed by atoms with Crippen LogP contribution in [0.4, 0.5) is 21.5 Å². The number of benzene rings is 2. The maximum Gasteiger partial charge on any atom is 0.321 e. The maximum absolute atomic E-state index is 13.1. The van der Waals surface area contributed by atoms with Crippen LogP contribution in [0.1, 0.15) is 191 Å².